The molecule has 0 unspecified atom stereocenters. The van der Waals surface area contributed by atoms with E-state index in [-0.39, 0.29) is 5.75 Å². The topological polar surface area (TPSA) is 66.8 Å². The van der Waals surface area contributed by atoms with Crippen molar-refractivity contribution in [3.8, 4) is 0 Å². The van der Waals surface area contributed by atoms with Crippen molar-refractivity contribution >= 4 is 36.6 Å². The van der Waals surface area contributed by atoms with Crippen LogP contribution in [0.3, 0.4) is 0 Å². The van der Waals surface area contributed by atoms with Crippen molar-refractivity contribution in [1.29, 1.82) is 0 Å². The maximum atomic E-state index is 11.8. The summed E-state index contributed by atoms with van der Waals surface area (Å²) < 4.78 is 6.28. The molecule has 0 fully saturated rings. The molecule has 0 aromatic carbocycles. The number of thiol groups is 1. The molecule has 1 N–H and O–H groups in total. The maximum Gasteiger partial charge on any atom is 0.421 e. The first-order chi connectivity index (χ1) is 7.72. The largest absolute Gasteiger partial charge is 0.480 e. The van der Waals surface area contributed by atoms with Gasteiger partial charge in [-0.25, -0.2) is 13.9 Å². The highest BCUT2D eigenvalue weighted by atomic mass is 32.2. The van der Waals surface area contributed by atoms with Crippen LogP contribution in [0.4, 0.5) is 4.79 Å². The minimum Gasteiger partial charge on any atom is -0.480 e. The van der Waals surface area contributed by atoms with E-state index in [1.54, 1.807) is 20.8 Å². The van der Waals surface area contributed by atoms with Crippen molar-refractivity contribution in [2.24, 2.45) is 0 Å². The molecule has 0 aromatic rings. The highest BCUT2D eigenvalue weighted by Gasteiger charge is 2.32. The minimum atomic E-state index is -1.09. The van der Waals surface area contributed by atoms with Gasteiger partial charge in [0.25, 0.3) is 0 Å². The van der Waals surface area contributed by atoms with Crippen LogP contribution in [0.1, 0.15) is 27.7 Å². The number of carboxylic acid groups (broad SMARTS) is 1. The Morgan fingerprint density at radius 3 is 2.29 bits per heavy atom. The summed E-state index contributed by atoms with van der Waals surface area (Å²) >= 11 is 5.06. The molecule has 0 radical (unpaired) electrons. The lowest BCUT2D eigenvalue weighted by Gasteiger charge is -2.29. The second-order valence-electron chi connectivity index (χ2n) is 4.26. The van der Waals surface area contributed by atoms with Crippen molar-refractivity contribution in [2.45, 2.75) is 39.3 Å². The van der Waals surface area contributed by atoms with E-state index in [0.29, 0.717) is 5.75 Å². The summed E-state index contributed by atoms with van der Waals surface area (Å²) in [6.45, 7) is 7.03. The molecule has 1 atom stereocenters. The molecular weight excluding hydrogens is 262 g/mol. The van der Waals surface area contributed by atoms with Crippen molar-refractivity contribution < 1.29 is 19.4 Å². The zero-order valence-electron chi connectivity index (χ0n) is 10.5. The Bertz CT molecular complexity index is 278. The molecule has 0 aliphatic carbocycles. The Hall–Kier alpha value is -0.560. The molecule has 17 heavy (non-hydrogen) atoms. The molecule has 5 nitrogen and oxygen atoms in total. The summed E-state index contributed by atoms with van der Waals surface area (Å²) in [5.41, 5.74) is -0.650. The highest BCUT2D eigenvalue weighted by molar-refractivity contribution is 7.97. The Morgan fingerprint density at radius 2 is 2.00 bits per heavy atom. The van der Waals surface area contributed by atoms with Crippen LogP contribution in [0.5, 0.6) is 0 Å². The number of hydrogen-bond acceptors (Lipinski definition) is 5. The fourth-order valence-electron chi connectivity index (χ4n) is 0.968. The van der Waals surface area contributed by atoms with Gasteiger partial charge >= 0.3 is 12.1 Å². The second-order valence-corrected chi connectivity index (χ2v) is 5.85. The summed E-state index contributed by atoms with van der Waals surface area (Å²) in [5, 5.41) is 9.01. The van der Waals surface area contributed by atoms with Gasteiger partial charge in [0.05, 0.1) is 0 Å². The average Bonchev–Trinajstić information content (AvgIpc) is 2.14. The van der Waals surface area contributed by atoms with Gasteiger partial charge < -0.3 is 9.84 Å². The van der Waals surface area contributed by atoms with Crippen LogP contribution in [0, 0.1) is 0 Å². The third-order valence-corrected chi connectivity index (χ3v) is 2.87. The molecule has 0 rings (SSSR count). The smallest absolute Gasteiger partial charge is 0.421 e. The normalized spacial score (nSPS) is 13.0. The summed E-state index contributed by atoms with van der Waals surface area (Å²) in [7, 11) is 0. The summed E-state index contributed by atoms with van der Waals surface area (Å²) in [4.78, 5) is 22.8. The summed E-state index contributed by atoms with van der Waals surface area (Å²) in [6, 6.07) is -0.988. The lowest BCUT2D eigenvalue weighted by Crippen LogP contribution is -2.44. The van der Waals surface area contributed by atoms with Crippen LogP contribution in [-0.4, -0.2) is 44.6 Å². The van der Waals surface area contributed by atoms with Gasteiger partial charge in [0.15, 0.2) is 6.04 Å². The lowest BCUT2D eigenvalue weighted by molar-refractivity contribution is -0.140. The standard InChI is InChI=1S/C10H19NO4S2/c1-5-17-11(7(6-16)8(12)13)9(14)15-10(2,3)4/h7,16H,5-6H2,1-4H3,(H,12,13)/t7-/m0/s1. The fraction of sp³-hybridized carbons (Fsp3) is 0.800. The van der Waals surface area contributed by atoms with Crippen molar-refractivity contribution in [2.75, 3.05) is 11.5 Å². The van der Waals surface area contributed by atoms with Gasteiger partial charge in [0.2, 0.25) is 0 Å². The Kier molecular flexibility index (Phi) is 6.77. The molecule has 0 saturated carbocycles. The predicted octanol–water partition coefficient (Wildman–Crippen LogP) is 2.27. The Morgan fingerprint density at radius 1 is 1.47 bits per heavy atom. The number of carboxylic acids is 1. The van der Waals surface area contributed by atoms with E-state index in [1.165, 1.54) is 0 Å². The number of ether oxygens (including phenoxy) is 1. The zero-order valence-corrected chi connectivity index (χ0v) is 12.2. The van der Waals surface area contributed by atoms with Crippen LogP contribution < -0.4 is 0 Å². The number of rotatable bonds is 5. The number of nitrogens with zero attached hydrogens (tertiary/aromatic N) is 1. The van der Waals surface area contributed by atoms with Gasteiger partial charge in [-0.1, -0.05) is 6.92 Å². The maximum absolute atomic E-state index is 11.8. The molecular formula is C10H19NO4S2. The molecule has 0 saturated heterocycles. The summed E-state index contributed by atoms with van der Waals surface area (Å²) in [6.07, 6.45) is -0.647. The third-order valence-electron chi connectivity index (χ3n) is 1.58. The number of carbonyl (C=O) groups is 2. The van der Waals surface area contributed by atoms with E-state index in [9.17, 15) is 9.59 Å². The van der Waals surface area contributed by atoms with Crippen LogP contribution in [0.2, 0.25) is 0 Å². The first-order valence-electron chi connectivity index (χ1n) is 5.21. The van der Waals surface area contributed by atoms with Crippen LogP contribution in [0.15, 0.2) is 0 Å². The second kappa shape index (κ2) is 7.00. The monoisotopic (exact) mass is 281 g/mol. The quantitative estimate of drug-likeness (QED) is 0.598. The average molecular weight is 281 g/mol. The van der Waals surface area contributed by atoms with E-state index in [2.05, 4.69) is 12.6 Å². The molecule has 0 heterocycles. The SMILES string of the molecule is CCSN(C(=O)OC(C)(C)C)[C@@H](CS)C(=O)O. The van der Waals surface area contributed by atoms with E-state index >= 15 is 0 Å². The fourth-order valence-corrected chi connectivity index (χ4v) is 2.16. The van der Waals surface area contributed by atoms with Gasteiger partial charge in [0.1, 0.15) is 5.60 Å². The third kappa shape index (κ3) is 6.07. The van der Waals surface area contributed by atoms with Gasteiger partial charge in [-0.05, 0) is 32.7 Å². The molecule has 0 aromatic heterocycles. The first-order valence-corrected chi connectivity index (χ1v) is 6.79. The van der Waals surface area contributed by atoms with E-state index in [0.717, 1.165) is 16.3 Å². The molecule has 7 heteroatoms. The van der Waals surface area contributed by atoms with Gasteiger partial charge in [-0.15, -0.1) is 0 Å². The lowest BCUT2D eigenvalue weighted by atomic mass is 10.2. The molecule has 0 aliphatic rings. The minimum absolute atomic E-state index is 0.0432. The van der Waals surface area contributed by atoms with Gasteiger partial charge in [-0.3, -0.25) is 0 Å². The summed E-state index contributed by atoms with van der Waals surface area (Å²) in [5.74, 6) is -0.468. The molecule has 100 valence electrons. The van der Waals surface area contributed by atoms with E-state index in [4.69, 9.17) is 9.84 Å². The van der Waals surface area contributed by atoms with Gasteiger partial charge in [-0.2, -0.15) is 12.6 Å². The zero-order chi connectivity index (χ0) is 13.6. The van der Waals surface area contributed by atoms with Crippen LogP contribution in [-0.2, 0) is 9.53 Å². The molecule has 0 aliphatic heterocycles. The van der Waals surface area contributed by atoms with E-state index in [1.807, 2.05) is 6.92 Å². The van der Waals surface area contributed by atoms with Crippen molar-refractivity contribution in [1.82, 2.24) is 4.31 Å². The first kappa shape index (κ1) is 16.4. The van der Waals surface area contributed by atoms with Crippen molar-refractivity contribution in [3.05, 3.63) is 0 Å². The Labute approximate surface area is 111 Å². The van der Waals surface area contributed by atoms with Crippen molar-refractivity contribution in [3.63, 3.8) is 0 Å². The van der Waals surface area contributed by atoms with Crippen LogP contribution >= 0.6 is 24.6 Å². The number of aliphatic carboxylic acids is 1. The number of carbonyl (C=O) groups excluding carboxylic acids is 1. The highest BCUT2D eigenvalue weighted by Crippen LogP contribution is 2.20. The van der Waals surface area contributed by atoms with Gasteiger partial charge in [0, 0.05) is 11.5 Å². The Balaban J connectivity index is 4.82. The van der Waals surface area contributed by atoms with Crippen LogP contribution in [0.25, 0.3) is 0 Å². The number of amides is 1. The molecule has 1 amide bonds. The van der Waals surface area contributed by atoms with E-state index < -0.39 is 23.7 Å². The molecule has 0 bridgehead atoms. The number of hydrogen-bond donors (Lipinski definition) is 2. The predicted molar refractivity (Wildman–Crippen MR) is 71.5 cm³/mol. The molecule has 0 spiro atoms.